The molecule has 1 aromatic rings. The molecule has 2 N–H and O–H groups in total. The van der Waals surface area contributed by atoms with Gasteiger partial charge in [0.15, 0.2) is 5.75 Å². The van der Waals surface area contributed by atoms with Crippen LogP contribution in [0.2, 0.25) is 0 Å². The van der Waals surface area contributed by atoms with Crippen molar-refractivity contribution in [3.8, 4) is 5.75 Å². The first-order valence-electron chi connectivity index (χ1n) is 5.55. The normalized spacial score (nSPS) is 11.4. The van der Waals surface area contributed by atoms with Gasteiger partial charge in [0.25, 0.3) is 0 Å². The van der Waals surface area contributed by atoms with Crippen molar-refractivity contribution in [2.75, 3.05) is 25.6 Å². The van der Waals surface area contributed by atoms with E-state index in [1.54, 1.807) is 0 Å². The molecule has 0 aromatic heterocycles. The Kier molecular flexibility index (Phi) is 6.45. The molecule has 0 heterocycles. The Morgan fingerprint density at radius 2 is 2.00 bits per heavy atom. The minimum Gasteiger partial charge on any atom is -0.484 e. The van der Waals surface area contributed by atoms with Gasteiger partial charge in [0.1, 0.15) is 12.4 Å². The number of hydrogen-bond donors (Lipinski definition) is 1. The van der Waals surface area contributed by atoms with Gasteiger partial charge in [0.05, 0.1) is 28.4 Å². The maximum absolute atomic E-state index is 13.3. The summed E-state index contributed by atoms with van der Waals surface area (Å²) >= 11 is 2.84. The molecule has 0 aliphatic rings. The second-order valence-corrected chi connectivity index (χ2v) is 6.41. The Labute approximate surface area is 128 Å². The zero-order valence-corrected chi connectivity index (χ0v) is 13.0. The average Bonchev–Trinajstić information content (AvgIpc) is 2.35. The molecular weight excluding hydrogens is 375 g/mol. The predicted octanol–water partition coefficient (Wildman–Crippen LogP) is 1.18. The summed E-state index contributed by atoms with van der Waals surface area (Å²) in [5.74, 6) is -1.29. The van der Waals surface area contributed by atoms with Crippen LogP contribution in [0, 0.1) is 15.9 Å². The smallest absolute Gasteiger partial charge is 0.312 e. The molecule has 0 amide bonds. The number of rotatable bonds is 8. The Morgan fingerprint density at radius 1 is 1.33 bits per heavy atom. The second kappa shape index (κ2) is 7.64. The standard InChI is InChI=1S/C10H12BrFN2O6S/c11-7-5-9(14(15)16)10(6-8(7)12)20-2-1-19-3-4-21(13,17)18/h5-6H,1-4H2,(H2,13,17,18). The van der Waals surface area contributed by atoms with Crippen LogP contribution in [0.1, 0.15) is 0 Å². The number of nitro groups is 1. The van der Waals surface area contributed by atoms with Crippen LogP contribution in [0.15, 0.2) is 16.6 Å². The average molecular weight is 387 g/mol. The van der Waals surface area contributed by atoms with Gasteiger partial charge in [-0.25, -0.2) is 17.9 Å². The van der Waals surface area contributed by atoms with Gasteiger partial charge >= 0.3 is 5.69 Å². The third-order valence-corrected chi connectivity index (χ3v) is 3.54. The number of sulfonamides is 1. The van der Waals surface area contributed by atoms with Crippen molar-refractivity contribution in [1.29, 1.82) is 0 Å². The van der Waals surface area contributed by atoms with E-state index >= 15 is 0 Å². The summed E-state index contributed by atoms with van der Waals surface area (Å²) in [6.45, 7) is -0.254. The second-order valence-electron chi connectivity index (χ2n) is 3.82. The maximum Gasteiger partial charge on any atom is 0.312 e. The largest absolute Gasteiger partial charge is 0.484 e. The van der Waals surface area contributed by atoms with E-state index in [0.29, 0.717) is 0 Å². The van der Waals surface area contributed by atoms with E-state index in [9.17, 15) is 22.9 Å². The summed E-state index contributed by atoms with van der Waals surface area (Å²) in [6.07, 6.45) is 0. The van der Waals surface area contributed by atoms with Gasteiger partial charge in [-0.3, -0.25) is 10.1 Å². The molecule has 1 aromatic carbocycles. The zero-order chi connectivity index (χ0) is 16.0. The summed E-state index contributed by atoms with van der Waals surface area (Å²) < 4.78 is 44.5. The number of nitro benzene ring substituents is 1. The monoisotopic (exact) mass is 386 g/mol. The van der Waals surface area contributed by atoms with Crippen LogP contribution in [-0.4, -0.2) is 38.9 Å². The highest BCUT2D eigenvalue weighted by Gasteiger charge is 2.18. The number of benzene rings is 1. The van der Waals surface area contributed by atoms with Crippen molar-refractivity contribution < 1.29 is 27.2 Å². The van der Waals surface area contributed by atoms with Crippen molar-refractivity contribution >= 4 is 31.6 Å². The Balaban J connectivity index is 2.52. The van der Waals surface area contributed by atoms with Crippen LogP contribution in [0.25, 0.3) is 0 Å². The lowest BCUT2D eigenvalue weighted by atomic mass is 10.3. The Morgan fingerprint density at radius 3 is 2.57 bits per heavy atom. The van der Waals surface area contributed by atoms with Crippen molar-refractivity contribution in [3.05, 3.63) is 32.5 Å². The third kappa shape index (κ3) is 6.33. The lowest BCUT2D eigenvalue weighted by Crippen LogP contribution is -2.21. The predicted molar refractivity (Wildman–Crippen MR) is 75.0 cm³/mol. The van der Waals surface area contributed by atoms with Gasteiger partial charge in [-0.2, -0.15) is 0 Å². The molecule has 0 saturated carbocycles. The van der Waals surface area contributed by atoms with Crippen molar-refractivity contribution in [2.24, 2.45) is 5.14 Å². The van der Waals surface area contributed by atoms with Crippen molar-refractivity contribution in [3.63, 3.8) is 0 Å². The fraction of sp³-hybridized carbons (Fsp3) is 0.400. The van der Waals surface area contributed by atoms with Gasteiger partial charge in [-0.05, 0) is 15.9 Å². The van der Waals surface area contributed by atoms with E-state index in [4.69, 9.17) is 14.6 Å². The van der Waals surface area contributed by atoms with Crippen LogP contribution >= 0.6 is 15.9 Å². The van der Waals surface area contributed by atoms with Crippen LogP contribution in [0.3, 0.4) is 0 Å². The summed E-state index contributed by atoms with van der Waals surface area (Å²) in [6, 6.07) is 1.87. The first-order chi connectivity index (χ1) is 9.70. The van der Waals surface area contributed by atoms with Crippen molar-refractivity contribution in [1.82, 2.24) is 0 Å². The van der Waals surface area contributed by atoms with E-state index in [-0.39, 0.29) is 35.8 Å². The number of halogens is 2. The summed E-state index contributed by atoms with van der Waals surface area (Å²) in [4.78, 5) is 10.1. The molecule has 21 heavy (non-hydrogen) atoms. The summed E-state index contributed by atoms with van der Waals surface area (Å²) in [5.41, 5.74) is -0.396. The van der Waals surface area contributed by atoms with Gasteiger partial charge in [-0.15, -0.1) is 0 Å². The highest BCUT2D eigenvalue weighted by Crippen LogP contribution is 2.32. The van der Waals surface area contributed by atoms with E-state index in [1.807, 2.05) is 0 Å². The minimum absolute atomic E-state index is 0.0235. The van der Waals surface area contributed by atoms with Gasteiger partial charge in [0.2, 0.25) is 10.0 Å². The summed E-state index contributed by atoms with van der Waals surface area (Å²) in [5, 5.41) is 15.6. The van der Waals surface area contributed by atoms with E-state index in [1.165, 1.54) is 0 Å². The molecule has 11 heteroatoms. The molecule has 0 spiro atoms. The quantitative estimate of drug-likeness (QED) is 0.406. The highest BCUT2D eigenvalue weighted by molar-refractivity contribution is 9.10. The molecule has 1 rings (SSSR count). The summed E-state index contributed by atoms with van der Waals surface area (Å²) in [7, 11) is -3.60. The molecule has 0 unspecified atom stereocenters. The van der Waals surface area contributed by atoms with Gasteiger partial charge in [-0.1, -0.05) is 0 Å². The first-order valence-corrected chi connectivity index (χ1v) is 8.06. The lowest BCUT2D eigenvalue weighted by Gasteiger charge is -2.08. The molecule has 8 nitrogen and oxygen atoms in total. The van der Waals surface area contributed by atoms with E-state index in [2.05, 4.69) is 15.9 Å². The number of ether oxygens (including phenoxy) is 2. The minimum atomic E-state index is -3.60. The molecule has 0 aliphatic heterocycles. The molecule has 0 atom stereocenters. The maximum atomic E-state index is 13.3. The number of nitrogens with zero attached hydrogens (tertiary/aromatic N) is 1. The third-order valence-electron chi connectivity index (χ3n) is 2.20. The van der Waals surface area contributed by atoms with Gasteiger partial charge < -0.3 is 9.47 Å². The molecule has 118 valence electrons. The highest BCUT2D eigenvalue weighted by atomic mass is 79.9. The number of hydrogen-bond acceptors (Lipinski definition) is 6. The Hall–Kier alpha value is -1.30. The van der Waals surface area contributed by atoms with Crippen LogP contribution in [0.5, 0.6) is 5.75 Å². The van der Waals surface area contributed by atoms with Crippen LogP contribution in [-0.2, 0) is 14.8 Å². The SMILES string of the molecule is NS(=O)(=O)CCOCCOc1cc(F)c(Br)cc1[N+](=O)[O-]. The topological polar surface area (TPSA) is 122 Å². The van der Waals surface area contributed by atoms with Crippen LogP contribution < -0.4 is 9.88 Å². The first kappa shape index (κ1) is 17.8. The molecular formula is C10H12BrFN2O6S. The van der Waals surface area contributed by atoms with E-state index in [0.717, 1.165) is 12.1 Å². The fourth-order valence-electron chi connectivity index (χ4n) is 1.26. The Bertz CT molecular complexity index is 624. The van der Waals surface area contributed by atoms with Crippen LogP contribution in [0.4, 0.5) is 10.1 Å². The van der Waals surface area contributed by atoms with Crippen molar-refractivity contribution in [2.45, 2.75) is 0 Å². The fourth-order valence-corrected chi connectivity index (χ4v) is 1.95. The lowest BCUT2D eigenvalue weighted by molar-refractivity contribution is -0.386. The number of nitrogens with two attached hydrogens (primary N) is 1. The zero-order valence-electron chi connectivity index (χ0n) is 10.6. The van der Waals surface area contributed by atoms with E-state index < -0.39 is 26.5 Å². The molecule has 0 radical (unpaired) electrons. The number of primary sulfonamides is 1. The molecule has 0 aliphatic carbocycles. The molecule has 0 bridgehead atoms. The van der Waals surface area contributed by atoms with Gasteiger partial charge in [0, 0.05) is 12.1 Å². The molecule has 0 saturated heterocycles. The molecule has 0 fully saturated rings.